The average molecular weight is 800 g/mol. The molecule has 1 spiro atoms. The predicted octanol–water partition coefficient (Wildman–Crippen LogP) is 15.4. The summed E-state index contributed by atoms with van der Waals surface area (Å²) >= 11 is 0. The molecule has 0 unspecified atom stereocenters. The largest absolute Gasteiger partial charge is 0.238 e. The third kappa shape index (κ3) is 5.88. The highest BCUT2D eigenvalue weighted by molar-refractivity contribution is 5.97. The molecule has 12 rings (SSSR count). The van der Waals surface area contributed by atoms with E-state index >= 15 is 0 Å². The fraction of sp³-hybridized carbons (Fsp3) is 0.0167. The molecule has 2 aliphatic rings. The predicted molar refractivity (Wildman–Crippen MR) is 257 cm³/mol. The summed E-state index contributed by atoms with van der Waals surface area (Å²) in [6.07, 6.45) is 0. The zero-order valence-corrected chi connectivity index (χ0v) is 34.2. The van der Waals surface area contributed by atoms with E-state index in [0.29, 0.717) is 11.5 Å². The van der Waals surface area contributed by atoms with E-state index in [1.165, 1.54) is 50.1 Å². The molecule has 0 fully saturated rings. The quantitative estimate of drug-likeness (QED) is 0.157. The Labute approximate surface area is 367 Å². The SMILES string of the molecule is [C-]#[N+]c1ccc2c(c1)-c1cc(-c3cccc(-c4nc(-c5ccccc5)cc(-c5ccc(-c6ccc(-c7ccccc7)cc6)cc5)n4)c3)ccc1C21c2ccccc2-c2ccccc21. The zero-order valence-electron chi connectivity index (χ0n) is 34.2. The maximum atomic E-state index is 7.94. The van der Waals surface area contributed by atoms with Gasteiger partial charge in [-0.25, -0.2) is 14.8 Å². The van der Waals surface area contributed by atoms with E-state index in [4.69, 9.17) is 16.5 Å². The molecule has 63 heavy (non-hydrogen) atoms. The van der Waals surface area contributed by atoms with Gasteiger partial charge in [0.1, 0.15) is 0 Å². The molecule has 1 aromatic heterocycles. The van der Waals surface area contributed by atoms with Crippen LogP contribution in [0.1, 0.15) is 22.3 Å². The van der Waals surface area contributed by atoms with Gasteiger partial charge in [-0.3, -0.25) is 0 Å². The van der Waals surface area contributed by atoms with Gasteiger partial charge >= 0.3 is 0 Å². The first kappa shape index (κ1) is 36.4. The number of fused-ring (bicyclic) bond motifs is 10. The van der Waals surface area contributed by atoms with E-state index < -0.39 is 5.41 Å². The van der Waals surface area contributed by atoms with Crippen molar-refractivity contribution >= 4 is 5.69 Å². The molecule has 0 radical (unpaired) electrons. The van der Waals surface area contributed by atoms with E-state index in [9.17, 15) is 0 Å². The summed E-state index contributed by atoms with van der Waals surface area (Å²) < 4.78 is 0. The molecule has 0 N–H and O–H groups in total. The van der Waals surface area contributed by atoms with Gasteiger partial charge in [0.2, 0.25) is 0 Å². The van der Waals surface area contributed by atoms with E-state index in [-0.39, 0.29) is 0 Å². The molecular weight excluding hydrogens is 763 g/mol. The Morgan fingerprint density at radius 2 is 0.714 bits per heavy atom. The Kier molecular flexibility index (Phi) is 8.45. The number of hydrogen-bond acceptors (Lipinski definition) is 2. The monoisotopic (exact) mass is 799 g/mol. The van der Waals surface area contributed by atoms with E-state index in [1.54, 1.807) is 0 Å². The average Bonchev–Trinajstić information content (AvgIpc) is 3.83. The minimum atomic E-state index is -0.466. The Morgan fingerprint density at radius 1 is 0.302 bits per heavy atom. The van der Waals surface area contributed by atoms with Gasteiger partial charge in [0.25, 0.3) is 0 Å². The minimum Gasteiger partial charge on any atom is -0.238 e. The highest BCUT2D eigenvalue weighted by Crippen LogP contribution is 2.63. The van der Waals surface area contributed by atoms with Crippen molar-refractivity contribution in [3.63, 3.8) is 0 Å². The summed E-state index contributed by atoms with van der Waals surface area (Å²) in [5.41, 5.74) is 21.6. The molecule has 3 heteroatoms. The fourth-order valence-electron chi connectivity index (χ4n) is 10.0. The molecule has 0 amide bonds. The molecule has 2 aliphatic carbocycles. The third-order valence-electron chi connectivity index (χ3n) is 13.0. The minimum absolute atomic E-state index is 0.466. The summed E-state index contributed by atoms with van der Waals surface area (Å²) in [4.78, 5) is 14.3. The van der Waals surface area contributed by atoms with Crippen LogP contribution in [0, 0.1) is 6.57 Å². The van der Waals surface area contributed by atoms with Crippen molar-refractivity contribution in [2.75, 3.05) is 0 Å². The van der Waals surface area contributed by atoms with Crippen LogP contribution in [0.2, 0.25) is 0 Å². The van der Waals surface area contributed by atoms with Crippen molar-refractivity contribution in [3.8, 4) is 89.5 Å². The van der Waals surface area contributed by atoms with Crippen molar-refractivity contribution in [3.05, 3.63) is 258 Å². The number of nitrogens with zero attached hydrogens (tertiary/aromatic N) is 3. The molecule has 1 heterocycles. The normalized spacial score (nSPS) is 12.6. The topological polar surface area (TPSA) is 30.1 Å². The van der Waals surface area contributed by atoms with Crippen LogP contribution in [0.25, 0.3) is 94.4 Å². The highest BCUT2D eigenvalue weighted by atomic mass is 14.9. The number of hydrogen-bond donors (Lipinski definition) is 0. The Balaban J connectivity index is 0.941. The fourth-order valence-corrected chi connectivity index (χ4v) is 10.0. The standard InChI is InChI=1S/C60H37N3/c1-61-48-32-34-56-52(37-48)51-36-46(31-33-55(51)60(56)53-21-10-8-19-49(53)50-20-9-11-22-54(50)60)45-17-12-18-47(35-45)59-62-57(43-15-6-3-7-16-43)38-58(63-59)44-29-27-42(28-30-44)41-25-23-40(24-26-41)39-13-4-2-5-14-39/h2-38H. The van der Waals surface area contributed by atoms with E-state index in [2.05, 4.69) is 211 Å². The first-order valence-corrected chi connectivity index (χ1v) is 21.3. The Morgan fingerprint density at radius 3 is 1.32 bits per heavy atom. The van der Waals surface area contributed by atoms with Gasteiger partial charge in [0.05, 0.1) is 23.4 Å². The summed E-state index contributed by atoms with van der Waals surface area (Å²) in [5.74, 6) is 0.667. The van der Waals surface area contributed by atoms with Crippen molar-refractivity contribution < 1.29 is 0 Å². The summed E-state index contributed by atoms with van der Waals surface area (Å²) in [5, 5.41) is 0. The Bertz CT molecular complexity index is 3390. The first-order valence-electron chi connectivity index (χ1n) is 21.3. The van der Waals surface area contributed by atoms with Crippen LogP contribution >= 0.6 is 0 Å². The van der Waals surface area contributed by atoms with Crippen LogP contribution in [0.15, 0.2) is 224 Å². The summed E-state index contributed by atoms with van der Waals surface area (Å²) in [6.45, 7) is 7.94. The zero-order chi connectivity index (χ0) is 41.9. The van der Waals surface area contributed by atoms with E-state index in [1.807, 2.05) is 18.2 Å². The van der Waals surface area contributed by atoms with Gasteiger partial charge in [0, 0.05) is 16.7 Å². The molecule has 0 saturated heterocycles. The second kappa shape index (κ2) is 14.6. The van der Waals surface area contributed by atoms with Crippen LogP contribution < -0.4 is 0 Å². The third-order valence-corrected chi connectivity index (χ3v) is 13.0. The highest BCUT2D eigenvalue weighted by Gasteiger charge is 2.51. The molecule has 0 saturated carbocycles. The van der Waals surface area contributed by atoms with Crippen molar-refractivity contribution in [1.29, 1.82) is 0 Å². The summed E-state index contributed by atoms with van der Waals surface area (Å²) in [6, 6.07) is 79.7. The Hall–Kier alpha value is -8.45. The van der Waals surface area contributed by atoms with Crippen LogP contribution in [0.5, 0.6) is 0 Å². The number of aromatic nitrogens is 2. The lowest BCUT2D eigenvalue weighted by molar-refractivity contribution is 0.794. The van der Waals surface area contributed by atoms with Crippen molar-refractivity contribution in [1.82, 2.24) is 9.97 Å². The first-order chi connectivity index (χ1) is 31.2. The van der Waals surface area contributed by atoms with Gasteiger partial charge in [-0.15, -0.1) is 0 Å². The van der Waals surface area contributed by atoms with Gasteiger partial charge in [-0.05, 0) is 102 Å². The van der Waals surface area contributed by atoms with E-state index in [0.717, 1.165) is 55.9 Å². The molecular formula is C60H37N3. The van der Waals surface area contributed by atoms with Crippen molar-refractivity contribution in [2.24, 2.45) is 0 Å². The molecule has 0 bridgehead atoms. The maximum Gasteiger partial charge on any atom is 0.187 e. The maximum absolute atomic E-state index is 7.94. The summed E-state index contributed by atoms with van der Waals surface area (Å²) in [7, 11) is 0. The van der Waals surface area contributed by atoms with Crippen LogP contribution in [-0.2, 0) is 5.41 Å². The van der Waals surface area contributed by atoms with Crippen LogP contribution in [-0.4, -0.2) is 9.97 Å². The van der Waals surface area contributed by atoms with Crippen molar-refractivity contribution in [2.45, 2.75) is 5.41 Å². The smallest absolute Gasteiger partial charge is 0.187 e. The molecule has 292 valence electrons. The lowest BCUT2D eigenvalue weighted by Crippen LogP contribution is -2.25. The van der Waals surface area contributed by atoms with Gasteiger partial charge in [-0.2, -0.15) is 0 Å². The molecule has 10 aromatic rings. The molecule has 0 atom stereocenters. The van der Waals surface area contributed by atoms with Crippen LogP contribution in [0.4, 0.5) is 5.69 Å². The molecule has 3 nitrogen and oxygen atoms in total. The second-order valence-electron chi connectivity index (χ2n) is 16.4. The van der Waals surface area contributed by atoms with Gasteiger partial charge < -0.3 is 0 Å². The molecule has 0 aliphatic heterocycles. The van der Waals surface area contributed by atoms with Crippen LogP contribution in [0.3, 0.4) is 0 Å². The number of rotatable bonds is 6. The molecule has 9 aromatic carbocycles. The number of benzene rings is 9. The lowest BCUT2D eigenvalue weighted by atomic mass is 9.70. The van der Waals surface area contributed by atoms with Gasteiger partial charge in [-0.1, -0.05) is 200 Å². The second-order valence-corrected chi connectivity index (χ2v) is 16.4. The lowest BCUT2D eigenvalue weighted by Gasteiger charge is -2.30. The van der Waals surface area contributed by atoms with Gasteiger partial charge in [0.15, 0.2) is 11.5 Å².